The monoisotopic (exact) mass is 310 g/mol. The molecule has 2 heterocycles. The van der Waals surface area contributed by atoms with E-state index < -0.39 is 0 Å². The van der Waals surface area contributed by atoms with Crippen LogP contribution < -0.4 is 10.1 Å². The third kappa shape index (κ3) is 5.55. The molecule has 1 saturated heterocycles. The Morgan fingerprint density at radius 3 is 3.24 bits per heavy atom. The Labute approximate surface area is 129 Å². The highest BCUT2D eigenvalue weighted by Crippen LogP contribution is 2.22. The van der Waals surface area contributed by atoms with Gasteiger partial charge in [-0.15, -0.1) is 0 Å². The van der Waals surface area contributed by atoms with Crippen molar-refractivity contribution in [3.05, 3.63) is 23.9 Å². The van der Waals surface area contributed by atoms with Gasteiger partial charge in [-0.3, -0.25) is 4.79 Å². The van der Waals surface area contributed by atoms with Gasteiger partial charge in [-0.2, -0.15) is 11.8 Å². The number of ether oxygens (including phenoxy) is 2. The molecule has 1 amide bonds. The zero-order valence-electron chi connectivity index (χ0n) is 12.3. The van der Waals surface area contributed by atoms with Gasteiger partial charge in [0.05, 0.1) is 0 Å². The molecule has 0 bridgehead atoms. The van der Waals surface area contributed by atoms with Crippen molar-refractivity contribution in [2.24, 2.45) is 0 Å². The predicted octanol–water partition coefficient (Wildman–Crippen LogP) is 2.12. The van der Waals surface area contributed by atoms with E-state index in [2.05, 4.69) is 10.3 Å². The lowest BCUT2D eigenvalue weighted by Gasteiger charge is -2.12. The van der Waals surface area contributed by atoms with E-state index >= 15 is 0 Å². The summed E-state index contributed by atoms with van der Waals surface area (Å²) >= 11 is 1.89. The Morgan fingerprint density at radius 1 is 1.57 bits per heavy atom. The van der Waals surface area contributed by atoms with Crippen LogP contribution in [0.25, 0.3) is 0 Å². The third-order valence-electron chi connectivity index (χ3n) is 3.13. The average Bonchev–Trinajstić information content (AvgIpc) is 3.00. The summed E-state index contributed by atoms with van der Waals surface area (Å²) < 4.78 is 11.0. The van der Waals surface area contributed by atoms with Gasteiger partial charge >= 0.3 is 0 Å². The lowest BCUT2D eigenvalue weighted by atomic mass is 10.2. The fourth-order valence-corrected chi connectivity index (χ4v) is 3.11. The molecule has 1 aliphatic rings. The zero-order valence-corrected chi connectivity index (χ0v) is 13.2. The van der Waals surface area contributed by atoms with Crippen LogP contribution in [0.2, 0.25) is 0 Å². The molecule has 2 rings (SSSR count). The number of nitrogens with one attached hydrogen (secondary N) is 1. The normalized spacial score (nSPS) is 17.7. The molecule has 1 atom stereocenters. The summed E-state index contributed by atoms with van der Waals surface area (Å²) in [7, 11) is 0. The van der Waals surface area contributed by atoms with Crippen LogP contribution in [0.15, 0.2) is 18.3 Å². The molecule has 0 saturated carbocycles. The Balaban J connectivity index is 1.80. The number of carbonyl (C=O) groups excluding carboxylic acids is 1. The Hall–Kier alpha value is -1.27. The maximum absolute atomic E-state index is 12.0. The van der Waals surface area contributed by atoms with Gasteiger partial charge in [-0.1, -0.05) is 0 Å². The molecule has 0 aliphatic carbocycles. The van der Waals surface area contributed by atoms with Gasteiger partial charge in [0, 0.05) is 43.3 Å². The lowest BCUT2D eigenvalue weighted by molar-refractivity contribution is 0.0943. The molecule has 0 radical (unpaired) electrons. The number of amides is 1. The number of hydrogen-bond donors (Lipinski definition) is 1. The van der Waals surface area contributed by atoms with Crippen molar-refractivity contribution in [1.29, 1.82) is 0 Å². The largest absolute Gasteiger partial charge is 0.473 e. The Morgan fingerprint density at radius 2 is 2.48 bits per heavy atom. The van der Waals surface area contributed by atoms with Gasteiger partial charge in [0.25, 0.3) is 5.91 Å². The quantitative estimate of drug-likeness (QED) is 0.745. The summed E-state index contributed by atoms with van der Waals surface area (Å²) in [6.07, 6.45) is 3.69. The van der Waals surface area contributed by atoms with Gasteiger partial charge in [-0.05, 0) is 31.6 Å². The topological polar surface area (TPSA) is 60.5 Å². The second-order valence-corrected chi connectivity index (χ2v) is 5.94. The summed E-state index contributed by atoms with van der Waals surface area (Å²) in [6, 6.07) is 3.41. The van der Waals surface area contributed by atoms with E-state index in [4.69, 9.17) is 9.47 Å². The standard InChI is InChI=1S/C15H22N2O3S/c1-2-19-8-3-6-17-15(18)12-4-7-16-14(10-12)20-13-5-9-21-11-13/h4,7,10,13H,2-3,5-6,8-9,11H2,1H3,(H,17,18). The Kier molecular flexibility index (Phi) is 6.82. The minimum Gasteiger partial charge on any atom is -0.473 e. The van der Waals surface area contributed by atoms with Crippen LogP contribution in [0, 0.1) is 0 Å². The number of carbonyl (C=O) groups is 1. The maximum atomic E-state index is 12.0. The first-order valence-corrected chi connectivity index (χ1v) is 8.51. The molecule has 0 aromatic carbocycles. The van der Waals surface area contributed by atoms with Crippen molar-refractivity contribution in [1.82, 2.24) is 10.3 Å². The smallest absolute Gasteiger partial charge is 0.251 e. The van der Waals surface area contributed by atoms with Crippen LogP contribution in [0.4, 0.5) is 0 Å². The van der Waals surface area contributed by atoms with E-state index in [0.29, 0.717) is 31.2 Å². The zero-order chi connectivity index (χ0) is 14.9. The summed E-state index contributed by atoms with van der Waals surface area (Å²) in [5, 5.41) is 2.87. The minimum atomic E-state index is -0.0976. The molecule has 1 unspecified atom stereocenters. The Bertz CT molecular complexity index is 450. The molecule has 1 fully saturated rings. The van der Waals surface area contributed by atoms with Crippen molar-refractivity contribution in [3.8, 4) is 5.88 Å². The van der Waals surface area contributed by atoms with Gasteiger partial charge < -0.3 is 14.8 Å². The van der Waals surface area contributed by atoms with E-state index in [-0.39, 0.29) is 12.0 Å². The molecule has 1 N–H and O–H groups in total. The number of rotatable bonds is 8. The molecular formula is C15H22N2O3S. The van der Waals surface area contributed by atoms with Gasteiger partial charge in [0.1, 0.15) is 6.10 Å². The predicted molar refractivity (Wildman–Crippen MR) is 84.0 cm³/mol. The highest BCUT2D eigenvalue weighted by atomic mass is 32.2. The van der Waals surface area contributed by atoms with Gasteiger partial charge in [0.15, 0.2) is 0 Å². The lowest BCUT2D eigenvalue weighted by Crippen LogP contribution is -2.25. The van der Waals surface area contributed by atoms with Crippen LogP contribution in [0.3, 0.4) is 0 Å². The van der Waals surface area contributed by atoms with E-state index in [1.807, 2.05) is 18.7 Å². The molecular weight excluding hydrogens is 288 g/mol. The van der Waals surface area contributed by atoms with E-state index in [1.54, 1.807) is 18.3 Å². The van der Waals surface area contributed by atoms with Crippen LogP contribution in [-0.2, 0) is 4.74 Å². The van der Waals surface area contributed by atoms with Crippen molar-refractivity contribution in [3.63, 3.8) is 0 Å². The van der Waals surface area contributed by atoms with Crippen LogP contribution in [-0.4, -0.2) is 48.3 Å². The van der Waals surface area contributed by atoms with Crippen molar-refractivity contribution in [2.75, 3.05) is 31.3 Å². The number of thioether (sulfide) groups is 1. The van der Waals surface area contributed by atoms with E-state index in [1.165, 1.54) is 0 Å². The van der Waals surface area contributed by atoms with E-state index in [9.17, 15) is 4.79 Å². The fourth-order valence-electron chi connectivity index (χ4n) is 2.01. The van der Waals surface area contributed by atoms with Crippen molar-refractivity contribution >= 4 is 17.7 Å². The highest BCUT2D eigenvalue weighted by Gasteiger charge is 2.18. The summed E-state index contributed by atoms with van der Waals surface area (Å²) in [5.74, 6) is 2.56. The molecule has 116 valence electrons. The first kappa shape index (κ1) is 16.1. The second kappa shape index (κ2) is 8.89. The van der Waals surface area contributed by atoms with Crippen molar-refractivity contribution < 1.29 is 14.3 Å². The molecule has 1 aromatic heterocycles. The molecule has 6 heteroatoms. The van der Waals surface area contributed by atoms with Crippen LogP contribution >= 0.6 is 11.8 Å². The summed E-state index contributed by atoms with van der Waals surface area (Å²) in [6.45, 7) is 3.94. The number of nitrogens with zero attached hydrogens (tertiary/aromatic N) is 1. The first-order chi connectivity index (χ1) is 10.3. The first-order valence-electron chi connectivity index (χ1n) is 7.36. The number of aromatic nitrogens is 1. The van der Waals surface area contributed by atoms with Crippen molar-refractivity contribution in [2.45, 2.75) is 25.9 Å². The van der Waals surface area contributed by atoms with Crippen LogP contribution in [0.1, 0.15) is 30.1 Å². The molecule has 5 nitrogen and oxygen atoms in total. The summed E-state index contributed by atoms with van der Waals surface area (Å²) in [5.41, 5.74) is 0.585. The maximum Gasteiger partial charge on any atom is 0.251 e. The SMILES string of the molecule is CCOCCCNC(=O)c1ccnc(OC2CCSC2)c1. The molecule has 21 heavy (non-hydrogen) atoms. The van der Waals surface area contributed by atoms with Gasteiger partial charge in [0.2, 0.25) is 5.88 Å². The molecule has 1 aliphatic heterocycles. The molecule has 0 spiro atoms. The summed E-state index contributed by atoms with van der Waals surface area (Å²) in [4.78, 5) is 16.2. The van der Waals surface area contributed by atoms with Crippen LogP contribution in [0.5, 0.6) is 5.88 Å². The number of hydrogen-bond acceptors (Lipinski definition) is 5. The minimum absolute atomic E-state index is 0.0976. The average molecular weight is 310 g/mol. The highest BCUT2D eigenvalue weighted by molar-refractivity contribution is 7.99. The molecule has 1 aromatic rings. The number of pyridine rings is 1. The third-order valence-corrected chi connectivity index (χ3v) is 4.26. The van der Waals surface area contributed by atoms with Gasteiger partial charge in [-0.25, -0.2) is 4.98 Å². The van der Waals surface area contributed by atoms with E-state index in [0.717, 1.165) is 24.3 Å². The fraction of sp³-hybridized carbons (Fsp3) is 0.600. The second-order valence-electron chi connectivity index (χ2n) is 4.79.